The summed E-state index contributed by atoms with van der Waals surface area (Å²) < 4.78 is 20.0. The largest absolute Gasteiger partial charge is 0.447 e. The number of halogens is 1. The molecule has 1 aliphatic heterocycles. The zero-order valence-corrected chi connectivity index (χ0v) is 15.9. The highest BCUT2D eigenvalue weighted by Crippen LogP contribution is 2.29. The minimum Gasteiger partial charge on any atom is -0.447 e. The van der Waals surface area contributed by atoms with Crippen molar-refractivity contribution in [1.29, 1.82) is 0 Å². The second-order valence-corrected chi connectivity index (χ2v) is 7.31. The van der Waals surface area contributed by atoms with Gasteiger partial charge in [-0.25, -0.2) is 13.9 Å². The van der Waals surface area contributed by atoms with E-state index in [-0.39, 0.29) is 18.0 Å². The fourth-order valence-electron chi connectivity index (χ4n) is 3.27. The van der Waals surface area contributed by atoms with Crippen LogP contribution in [-0.4, -0.2) is 40.0 Å². The van der Waals surface area contributed by atoms with Gasteiger partial charge in [0.1, 0.15) is 5.82 Å². The summed E-state index contributed by atoms with van der Waals surface area (Å²) in [6, 6.07) is 14.6. The Kier molecular flexibility index (Phi) is 4.86. The highest BCUT2D eigenvalue weighted by Gasteiger charge is 2.33. The highest BCUT2D eigenvalue weighted by molar-refractivity contribution is 5.69. The monoisotopic (exact) mass is 379 g/mol. The molecule has 1 saturated heterocycles. The van der Waals surface area contributed by atoms with E-state index in [2.05, 4.69) is 29.4 Å². The van der Waals surface area contributed by atoms with Crippen molar-refractivity contribution in [3.63, 3.8) is 0 Å². The highest BCUT2D eigenvalue weighted by atomic mass is 19.1. The van der Waals surface area contributed by atoms with E-state index < -0.39 is 0 Å². The second kappa shape index (κ2) is 7.46. The number of rotatable bonds is 4. The van der Waals surface area contributed by atoms with Gasteiger partial charge in [0.15, 0.2) is 0 Å². The van der Waals surface area contributed by atoms with E-state index in [4.69, 9.17) is 4.74 Å². The van der Waals surface area contributed by atoms with Crippen molar-refractivity contribution < 1.29 is 13.9 Å². The number of ether oxygens (including phenoxy) is 1. The molecule has 0 N–H and O–H groups in total. The molecule has 0 saturated carbocycles. The van der Waals surface area contributed by atoms with Gasteiger partial charge in [-0.1, -0.05) is 24.3 Å². The predicted molar refractivity (Wildman–Crippen MR) is 105 cm³/mol. The van der Waals surface area contributed by atoms with Crippen LogP contribution in [0.2, 0.25) is 0 Å². The molecule has 0 aliphatic carbocycles. The van der Waals surface area contributed by atoms with Crippen molar-refractivity contribution in [2.24, 2.45) is 0 Å². The number of nitrogens with zero attached hydrogens (tertiary/aromatic N) is 3. The minimum absolute atomic E-state index is 0.0957. The summed E-state index contributed by atoms with van der Waals surface area (Å²) in [5.74, 6) is 0.0782. The lowest BCUT2D eigenvalue weighted by Crippen LogP contribution is -2.49. The third kappa shape index (κ3) is 3.76. The summed E-state index contributed by atoms with van der Waals surface area (Å²) in [5.41, 5.74) is 4.08. The molecular weight excluding hydrogens is 357 g/mol. The number of likely N-dealkylation sites (tertiary alicyclic amines) is 1. The third-order valence-electron chi connectivity index (χ3n) is 4.87. The number of amides is 1. The Morgan fingerprint density at radius 2 is 1.75 bits per heavy atom. The summed E-state index contributed by atoms with van der Waals surface area (Å²) in [4.78, 5) is 13.6. The summed E-state index contributed by atoms with van der Waals surface area (Å²) in [6.07, 6.45) is 3.39. The average Bonchev–Trinajstić information content (AvgIpc) is 3.11. The smallest absolute Gasteiger partial charge is 0.410 e. The Hall–Kier alpha value is -3.15. The summed E-state index contributed by atoms with van der Waals surface area (Å²) in [6.45, 7) is 5.08. The molecule has 2 heterocycles. The molecule has 6 heteroatoms. The van der Waals surface area contributed by atoms with E-state index in [0.717, 1.165) is 16.8 Å². The number of hydrogen-bond donors (Lipinski definition) is 0. The van der Waals surface area contributed by atoms with Crippen molar-refractivity contribution in [2.45, 2.75) is 25.9 Å². The van der Waals surface area contributed by atoms with Crippen LogP contribution in [0.4, 0.5) is 9.18 Å². The van der Waals surface area contributed by atoms with Crippen molar-refractivity contribution in [3.8, 4) is 16.8 Å². The molecule has 28 heavy (non-hydrogen) atoms. The maximum Gasteiger partial charge on any atom is 0.410 e. The molecule has 0 atom stereocenters. The normalized spacial score (nSPS) is 14.2. The first-order valence-electron chi connectivity index (χ1n) is 9.36. The topological polar surface area (TPSA) is 47.4 Å². The van der Waals surface area contributed by atoms with Crippen LogP contribution in [-0.2, 0) is 4.74 Å². The molecular formula is C22H22FN3O2. The second-order valence-electron chi connectivity index (χ2n) is 7.31. The van der Waals surface area contributed by atoms with Gasteiger partial charge in [-0.15, -0.1) is 0 Å². The molecule has 144 valence electrons. The van der Waals surface area contributed by atoms with Gasteiger partial charge in [0.2, 0.25) is 0 Å². The van der Waals surface area contributed by atoms with Gasteiger partial charge in [0.05, 0.1) is 18.0 Å². The molecule has 1 aromatic heterocycles. The fraction of sp³-hybridized carbons (Fsp3) is 0.273. The molecule has 5 nitrogen and oxygen atoms in total. The van der Waals surface area contributed by atoms with Gasteiger partial charge in [-0.3, -0.25) is 0 Å². The third-order valence-corrected chi connectivity index (χ3v) is 4.87. The van der Waals surface area contributed by atoms with Crippen LogP contribution in [0.5, 0.6) is 0 Å². The van der Waals surface area contributed by atoms with Gasteiger partial charge >= 0.3 is 6.09 Å². The van der Waals surface area contributed by atoms with Crippen molar-refractivity contribution in [3.05, 3.63) is 72.3 Å². The number of carbonyl (C=O) groups is 1. The first-order valence-corrected chi connectivity index (χ1v) is 9.36. The van der Waals surface area contributed by atoms with Gasteiger partial charge < -0.3 is 9.64 Å². The van der Waals surface area contributed by atoms with Gasteiger partial charge in [0, 0.05) is 30.8 Å². The van der Waals surface area contributed by atoms with Crippen molar-refractivity contribution in [2.75, 3.05) is 13.1 Å². The number of carbonyl (C=O) groups excluding carboxylic acids is 1. The molecule has 0 spiro atoms. The molecule has 1 amide bonds. The summed E-state index contributed by atoms with van der Waals surface area (Å²) >= 11 is 0. The van der Waals surface area contributed by atoms with Gasteiger partial charge in [0.25, 0.3) is 0 Å². The lowest BCUT2D eigenvalue weighted by molar-refractivity contribution is 0.0511. The Bertz CT molecular complexity index is 958. The van der Waals surface area contributed by atoms with Crippen LogP contribution in [0, 0.1) is 5.82 Å². The summed E-state index contributed by atoms with van der Waals surface area (Å²) in [5, 5.41) is 4.37. The van der Waals surface area contributed by atoms with E-state index in [9.17, 15) is 9.18 Å². The predicted octanol–water partition coefficient (Wildman–Crippen LogP) is 4.62. The standard InChI is InChI=1S/C22H22FN3O2/c1-15(2)28-22(27)25-12-19(13-25)17-5-3-16(4-6-17)18-11-24-26(14-18)21-9-7-20(23)8-10-21/h3-11,14-15,19H,12-13H2,1-2H3. The lowest BCUT2D eigenvalue weighted by atomic mass is 9.91. The van der Waals surface area contributed by atoms with Gasteiger partial charge in [-0.2, -0.15) is 5.10 Å². The van der Waals surface area contributed by atoms with Gasteiger partial charge in [-0.05, 0) is 49.2 Å². The van der Waals surface area contributed by atoms with E-state index in [1.54, 1.807) is 27.9 Å². The molecule has 0 bridgehead atoms. The van der Waals surface area contributed by atoms with E-state index in [1.807, 2.05) is 20.0 Å². The maximum atomic E-state index is 13.1. The van der Waals surface area contributed by atoms with E-state index in [1.165, 1.54) is 17.7 Å². The zero-order chi connectivity index (χ0) is 19.7. The fourth-order valence-corrected chi connectivity index (χ4v) is 3.27. The van der Waals surface area contributed by atoms with Crippen LogP contribution in [0.3, 0.4) is 0 Å². The van der Waals surface area contributed by atoms with Crippen LogP contribution >= 0.6 is 0 Å². The molecule has 1 fully saturated rings. The van der Waals surface area contributed by atoms with Crippen LogP contribution in [0.1, 0.15) is 25.3 Å². The Morgan fingerprint density at radius 1 is 1.07 bits per heavy atom. The molecule has 4 rings (SSSR count). The number of hydrogen-bond acceptors (Lipinski definition) is 3. The quantitative estimate of drug-likeness (QED) is 0.664. The van der Waals surface area contributed by atoms with Crippen molar-refractivity contribution >= 4 is 6.09 Å². The SMILES string of the molecule is CC(C)OC(=O)N1CC(c2ccc(-c3cnn(-c4ccc(F)cc4)c3)cc2)C1. The number of aromatic nitrogens is 2. The Morgan fingerprint density at radius 3 is 2.39 bits per heavy atom. The van der Waals surface area contributed by atoms with E-state index in [0.29, 0.717) is 19.0 Å². The maximum absolute atomic E-state index is 13.1. The lowest BCUT2D eigenvalue weighted by Gasteiger charge is -2.39. The van der Waals surface area contributed by atoms with Crippen LogP contribution < -0.4 is 0 Å². The first-order chi connectivity index (χ1) is 13.5. The van der Waals surface area contributed by atoms with Crippen molar-refractivity contribution in [1.82, 2.24) is 14.7 Å². The Labute approximate surface area is 163 Å². The minimum atomic E-state index is -0.265. The Balaban J connectivity index is 1.41. The van der Waals surface area contributed by atoms with Crippen LogP contribution in [0.25, 0.3) is 16.8 Å². The van der Waals surface area contributed by atoms with Crippen LogP contribution in [0.15, 0.2) is 60.9 Å². The number of benzene rings is 2. The summed E-state index contributed by atoms with van der Waals surface area (Å²) in [7, 11) is 0. The zero-order valence-electron chi connectivity index (χ0n) is 15.9. The van der Waals surface area contributed by atoms with E-state index >= 15 is 0 Å². The molecule has 0 radical (unpaired) electrons. The molecule has 0 unspecified atom stereocenters. The molecule has 2 aromatic carbocycles. The molecule has 3 aromatic rings. The molecule has 1 aliphatic rings. The average molecular weight is 379 g/mol. The first kappa shape index (κ1) is 18.2.